The lowest BCUT2D eigenvalue weighted by Crippen LogP contribution is -2.09. The fourth-order valence-electron chi connectivity index (χ4n) is 0.101. The topological polar surface area (TPSA) is 37.3 Å². The molecule has 0 aliphatic heterocycles. The molecular formula is C4H9ClO2S. The highest BCUT2D eigenvalue weighted by Crippen LogP contribution is 2.02. The third-order valence-corrected chi connectivity index (χ3v) is 1.61. The molecule has 0 saturated heterocycles. The molecule has 2 nitrogen and oxygen atoms in total. The molecule has 0 amide bonds. The quantitative estimate of drug-likeness (QED) is 0.654. The van der Waals surface area contributed by atoms with Crippen molar-refractivity contribution in [3.8, 4) is 0 Å². The normalized spacial score (nSPS) is 11.8. The predicted molar refractivity (Wildman–Crippen MR) is 37.9 cm³/mol. The molecule has 1 unspecified atom stereocenters. The second kappa shape index (κ2) is 5.25. The second-order valence-electron chi connectivity index (χ2n) is 1.22. The van der Waals surface area contributed by atoms with E-state index in [0.29, 0.717) is 0 Å². The van der Waals surface area contributed by atoms with E-state index in [1.807, 2.05) is 0 Å². The number of hydrogen-bond donors (Lipinski definition) is 1. The number of halogens is 1. The fourth-order valence-corrected chi connectivity index (χ4v) is 0.302. The molecule has 50 valence electrons. The van der Waals surface area contributed by atoms with Gasteiger partial charge in [-0.2, -0.15) is 11.8 Å². The molecule has 0 saturated carbocycles. The van der Waals surface area contributed by atoms with Crippen LogP contribution >= 0.6 is 24.2 Å². The lowest BCUT2D eigenvalue weighted by Gasteiger charge is -1.96. The molecule has 8 heavy (non-hydrogen) atoms. The molecule has 0 fully saturated rings. The zero-order valence-corrected chi connectivity index (χ0v) is 6.38. The van der Waals surface area contributed by atoms with Gasteiger partial charge in [-0.3, -0.25) is 4.79 Å². The van der Waals surface area contributed by atoms with Crippen LogP contribution in [-0.4, -0.2) is 22.6 Å². The van der Waals surface area contributed by atoms with Gasteiger partial charge in [-0.15, -0.1) is 12.4 Å². The van der Waals surface area contributed by atoms with E-state index in [0.717, 1.165) is 0 Å². The van der Waals surface area contributed by atoms with Crippen LogP contribution in [0, 0.1) is 0 Å². The molecule has 1 atom stereocenters. The highest BCUT2D eigenvalue weighted by molar-refractivity contribution is 7.99. The lowest BCUT2D eigenvalue weighted by atomic mass is 10.5. The van der Waals surface area contributed by atoms with Gasteiger partial charge in [-0.1, -0.05) is 0 Å². The molecule has 0 aromatic carbocycles. The SMILES string of the molecule is CSC(C)C(=O)O.Cl. The van der Waals surface area contributed by atoms with Crippen molar-refractivity contribution in [1.82, 2.24) is 0 Å². The van der Waals surface area contributed by atoms with Crippen LogP contribution in [0.15, 0.2) is 0 Å². The first-order valence-electron chi connectivity index (χ1n) is 1.94. The minimum absolute atomic E-state index is 0. The maximum atomic E-state index is 9.91. The summed E-state index contributed by atoms with van der Waals surface area (Å²) in [4.78, 5) is 9.91. The Labute approximate surface area is 59.1 Å². The standard InChI is InChI=1S/C4H8O2S.ClH/c1-3(7-2)4(5)6;/h3H,1-2H3,(H,5,6);1H. The predicted octanol–water partition coefficient (Wildman–Crippen LogP) is 1.24. The van der Waals surface area contributed by atoms with Crippen LogP contribution < -0.4 is 0 Å². The minimum atomic E-state index is -0.743. The molecule has 0 rings (SSSR count). The summed E-state index contributed by atoms with van der Waals surface area (Å²) in [6.45, 7) is 1.66. The van der Waals surface area contributed by atoms with Crippen LogP contribution in [0.4, 0.5) is 0 Å². The van der Waals surface area contributed by atoms with E-state index in [1.165, 1.54) is 11.8 Å². The summed E-state index contributed by atoms with van der Waals surface area (Å²) in [5.41, 5.74) is 0. The third kappa shape index (κ3) is 4.27. The number of thioether (sulfide) groups is 1. The summed E-state index contributed by atoms with van der Waals surface area (Å²) >= 11 is 1.33. The maximum Gasteiger partial charge on any atom is 0.316 e. The van der Waals surface area contributed by atoms with E-state index in [-0.39, 0.29) is 17.7 Å². The average molecular weight is 157 g/mol. The van der Waals surface area contributed by atoms with E-state index in [1.54, 1.807) is 13.2 Å². The van der Waals surface area contributed by atoms with Crippen LogP contribution in [0.25, 0.3) is 0 Å². The van der Waals surface area contributed by atoms with Crippen LogP contribution in [0.2, 0.25) is 0 Å². The fraction of sp³-hybridized carbons (Fsp3) is 0.750. The second-order valence-corrected chi connectivity index (χ2v) is 2.39. The molecule has 0 spiro atoms. The zero-order valence-electron chi connectivity index (χ0n) is 4.75. The first-order chi connectivity index (χ1) is 3.18. The summed E-state index contributed by atoms with van der Waals surface area (Å²) < 4.78 is 0. The van der Waals surface area contributed by atoms with E-state index < -0.39 is 5.97 Å². The number of rotatable bonds is 2. The van der Waals surface area contributed by atoms with Gasteiger partial charge in [0.05, 0.1) is 5.25 Å². The van der Waals surface area contributed by atoms with Crippen LogP contribution in [0.3, 0.4) is 0 Å². The Morgan fingerprint density at radius 3 is 2.12 bits per heavy atom. The van der Waals surface area contributed by atoms with Crippen molar-refractivity contribution in [2.24, 2.45) is 0 Å². The van der Waals surface area contributed by atoms with E-state index >= 15 is 0 Å². The first kappa shape index (κ1) is 11.0. The summed E-state index contributed by atoms with van der Waals surface area (Å²) in [5, 5.41) is 7.90. The Morgan fingerprint density at radius 2 is 2.12 bits per heavy atom. The Hall–Kier alpha value is 0.110. The first-order valence-corrected chi connectivity index (χ1v) is 3.23. The zero-order chi connectivity index (χ0) is 5.86. The van der Waals surface area contributed by atoms with Crippen molar-refractivity contribution >= 4 is 30.1 Å². The molecular weight excluding hydrogens is 148 g/mol. The van der Waals surface area contributed by atoms with Crippen molar-refractivity contribution in [3.05, 3.63) is 0 Å². The molecule has 4 heteroatoms. The summed E-state index contributed by atoms with van der Waals surface area (Å²) in [5.74, 6) is -0.743. The van der Waals surface area contributed by atoms with Crippen molar-refractivity contribution < 1.29 is 9.90 Å². The Bertz CT molecular complexity index is 76.4. The van der Waals surface area contributed by atoms with E-state index in [2.05, 4.69) is 0 Å². The molecule has 0 heterocycles. The highest BCUT2D eigenvalue weighted by Gasteiger charge is 2.05. The van der Waals surface area contributed by atoms with E-state index in [9.17, 15) is 4.79 Å². The molecule has 0 aliphatic carbocycles. The number of hydrogen-bond acceptors (Lipinski definition) is 2. The number of aliphatic carboxylic acids is 1. The number of carbonyl (C=O) groups is 1. The van der Waals surface area contributed by atoms with Crippen LogP contribution in [0.5, 0.6) is 0 Å². The van der Waals surface area contributed by atoms with Crippen LogP contribution in [-0.2, 0) is 4.79 Å². The number of carboxylic acid groups (broad SMARTS) is 1. The number of carboxylic acids is 1. The summed E-state index contributed by atoms with van der Waals surface area (Å²) in [6.07, 6.45) is 1.78. The summed E-state index contributed by atoms with van der Waals surface area (Å²) in [7, 11) is 0. The van der Waals surface area contributed by atoms with Crippen molar-refractivity contribution in [1.29, 1.82) is 0 Å². The van der Waals surface area contributed by atoms with Gasteiger partial charge in [0.2, 0.25) is 0 Å². The van der Waals surface area contributed by atoms with Gasteiger partial charge >= 0.3 is 5.97 Å². The third-order valence-electron chi connectivity index (χ3n) is 0.701. The maximum absolute atomic E-state index is 9.91. The molecule has 0 aliphatic rings. The van der Waals surface area contributed by atoms with Gasteiger partial charge < -0.3 is 5.11 Å². The van der Waals surface area contributed by atoms with Crippen molar-refractivity contribution in [2.45, 2.75) is 12.2 Å². The average Bonchev–Trinajstić information content (AvgIpc) is 1.65. The smallest absolute Gasteiger partial charge is 0.316 e. The van der Waals surface area contributed by atoms with Crippen LogP contribution in [0.1, 0.15) is 6.92 Å². The van der Waals surface area contributed by atoms with E-state index in [4.69, 9.17) is 5.11 Å². The Kier molecular flexibility index (Phi) is 7.21. The van der Waals surface area contributed by atoms with Gasteiger partial charge in [0.25, 0.3) is 0 Å². The van der Waals surface area contributed by atoms with Crippen molar-refractivity contribution in [3.63, 3.8) is 0 Å². The summed E-state index contributed by atoms with van der Waals surface area (Å²) in [6, 6.07) is 0. The highest BCUT2D eigenvalue weighted by atomic mass is 35.5. The largest absolute Gasteiger partial charge is 0.480 e. The lowest BCUT2D eigenvalue weighted by molar-refractivity contribution is -0.136. The molecule has 0 aromatic rings. The monoisotopic (exact) mass is 156 g/mol. The Morgan fingerprint density at radius 1 is 1.75 bits per heavy atom. The van der Waals surface area contributed by atoms with Gasteiger partial charge in [-0.25, -0.2) is 0 Å². The molecule has 1 N–H and O–H groups in total. The van der Waals surface area contributed by atoms with Crippen molar-refractivity contribution in [2.75, 3.05) is 6.26 Å². The molecule has 0 aromatic heterocycles. The molecule has 0 bridgehead atoms. The molecule has 0 radical (unpaired) electrons. The minimum Gasteiger partial charge on any atom is -0.480 e. The van der Waals surface area contributed by atoms with Gasteiger partial charge in [0.1, 0.15) is 0 Å². The van der Waals surface area contributed by atoms with Gasteiger partial charge in [0, 0.05) is 0 Å². The van der Waals surface area contributed by atoms with Gasteiger partial charge in [0.15, 0.2) is 0 Å². The Balaban J connectivity index is 0. The van der Waals surface area contributed by atoms with Gasteiger partial charge in [-0.05, 0) is 13.2 Å².